The molecule has 0 fully saturated rings. The molecule has 0 heterocycles. The fourth-order valence-corrected chi connectivity index (χ4v) is 1.94. The fourth-order valence-electron chi connectivity index (χ4n) is 1.82. The fraction of sp³-hybridized carbons (Fsp3) is 0.200. The van der Waals surface area contributed by atoms with Gasteiger partial charge in [-0.1, -0.05) is 29.8 Å². The van der Waals surface area contributed by atoms with Crippen molar-refractivity contribution in [3.05, 3.63) is 64.2 Å². The van der Waals surface area contributed by atoms with Crippen LogP contribution in [0.25, 0.3) is 0 Å². The second-order valence-electron chi connectivity index (χ2n) is 4.10. The molecule has 0 bridgehead atoms. The van der Waals surface area contributed by atoms with Crippen LogP contribution >= 0.6 is 11.6 Å². The van der Waals surface area contributed by atoms with Crippen LogP contribution in [0.4, 0.5) is 0 Å². The van der Waals surface area contributed by atoms with Gasteiger partial charge in [-0.25, -0.2) is 0 Å². The van der Waals surface area contributed by atoms with Crippen LogP contribution in [0.2, 0.25) is 5.02 Å². The van der Waals surface area contributed by atoms with E-state index in [0.29, 0.717) is 0 Å². The molecule has 0 aromatic heterocycles. The van der Waals surface area contributed by atoms with Gasteiger partial charge in [0.25, 0.3) is 0 Å². The Morgan fingerprint density at radius 1 is 1.06 bits per heavy atom. The summed E-state index contributed by atoms with van der Waals surface area (Å²) in [7, 11) is 1.69. The van der Waals surface area contributed by atoms with E-state index in [-0.39, 0.29) is 0 Å². The van der Waals surface area contributed by atoms with E-state index >= 15 is 0 Å². The first-order chi connectivity index (χ1) is 8.19. The summed E-state index contributed by atoms with van der Waals surface area (Å²) < 4.78 is 5.20. The van der Waals surface area contributed by atoms with Gasteiger partial charge in [0.2, 0.25) is 0 Å². The number of hydrogen-bond acceptors (Lipinski definition) is 1. The molecule has 1 nitrogen and oxygen atoms in total. The lowest BCUT2D eigenvalue weighted by molar-refractivity contribution is 0.414. The SMILES string of the molecule is COc1ccc(Cc2ccc(Cl)cc2)c(C)c1. The van der Waals surface area contributed by atoms with E-state index in [9.17, 15) is 0 Å². The van der Waals surface area contributed by atoms with Gasteiger partial charge in [-0.3, -0.25) is 0 Å². The Kier molecular flexibility index (Phi) is 3.70. The molecule has 0 spiro atoms. The molecule has 2 heteroatoms. The van der Waals surface area contributed by atoms with Crippen molar-refractivity contribution in [2.75, 3.05) is 7.11 Å². The molecule has 0 amide bonds. The molecule has 0 radical (unpaired) electrons. The first-order valence-corrected chi connectivity index (χ1v) is 5.95. The summed E-state index contributed by atoms with van der Waals surface area (Å²) in [6.07, 6.45) is 0.924. The third-order valence-electron chi connectivity index (χ3n) is 2.86. The van der Waals surface area contributed by atoms with Crippen LogP contribution < -0.4 is 4.74 Å². The summed E-state index contributed by atoms with van der Waals surface area (Å²) in [6, 6.07) is 14.1. The quantitative estimate of drug-likeness (QED) is 0.787. The van der Waals surface area contributed by atoms with Gasteiger partial charge in [0.15, 0.2) is 0 Å². The molecule has 0 N–H and O–H groups in total. The van der Waals surface area contributed by atoms with Gasteiger partial charge in [-0.05, 0) is 54.3 Å². The van der Waals surface area contributed by atoms with Gasteiger partial charge in [0.1, 0.15) is 5.75 Å². The molecule has 0 unspecified atom stereocenters. The minimum atomic E-state index is 0.778. The maximum Gasteiger partial charge on any atom is 0.119 e. The first-order valence-electron chi connectivity index (χ1n) is 5.57. The summed E-state index contributed by atoms with van der Waals surface area (Å²) in [5, 5.41) is 0.778. The number of aryl methyl sites for hydroxylation is 1. The summed E-state index contributed by atoms with van der Waals surface area (Å²) in [5.74, 6) is 0.905. The topological polar surface area (TPSA) is 9.23 Å². The number of methoxy groups -OCH3 is 1. The van der Waals surface area contributed by atoms with Crippen molar-refractivity contribution in [1.82, 2.24) is 0 Å². The van der Waals surface area contributed by atoms with Crippen LogP contribution in [0.3, 0.4) is 0 Å². The van der Waals surface area contributed by atoms with Crippen LogP contribution in [-0.2, 0) is 6.42 Å². The monoisotopic (exact) mass is 246 g/mol. The highest BCUT2D eigenvalue weighted by atomic mass is 35.5. The highest BCUT2D eigenvalue weighted by Crippen LogP contribution is 2.20. The van der Waals surface area contributed by atoms with Crippen molar-refractivity contribution >= 4 is 11.6 Å². The zero-order valence-electron chi connectivity index (χ0n) is 10.0. The van der Waals surface area contributed by atoms with Crippen LogP contribution in [0, 0.1) is 6.92 Å². The largest absolute Gasteiger partial charge is 0.497 e. The predicted octanol–water partition coefficient (Wildman–Crippen LogP) is 4.25. The maximum absolute atomic E-state index is 5.87. The average Bonchev–Trinajstić information content (AvgIpc) is 2.34. The van der Waals surface area contributed by atoms with Crippen LogP contribution in [0.15, 0.2) is 42.5 Å². The molecule has 2 rings (SSSR count). The summed E-state index contributed by atoms with van der Waals surface area (Å²) >= 11 is 5.87. The zero-order valence-corrected chi connectivity index (χ0v) is 10.8. The Morgan fingerprint density at radius 3 is 2.35 bits per heavy atom. The molecule has 88 valence electrons. The molecule has 0 saturated heterocycles. The minimum absolute atomic E-state index is 0.778. The van der Waals surface area contributed by atoms with Crippen LogP contribution in [0.1, 0.15) is 16.7 Å². The van der Waals surface area contributed by atoms with Crippen molar-refractivity contribution in [3.8, 4) is 5.75 Å². The molecule has 17 heavy (non-hydrogen) atoms. The van der Waals surface area contributed by atoms with E-state index in [1.165, 1.54) is 16.7 Å². The second-order valence-corrected chi connectivity index (χ2v) is 4.53. The van der Waals surface area contributed by atoms with E-state index in [2.05, 4.69) is 31.2 Å². The van der Waals surface area contributed by atoms with Crippen molar-refractivity contribution in [2.24, 2.45) is 0 Å². The lowest BCUT2D eigenvalue weighted by atomic mass is 10.0. The van der Waals surface area contributed by atoms with Crippen molar-refractivity contribution in [3.63, 3.8) is 0 Å². The molecule has 2 aromatic rings. The normalized spacial score (nSPS) is 10.3. The van der Waals surface area contributed by atoms with Crippen molar-refractivity contribution < 1.29 is 4.74 Å². The van der Waals surface area contributed by atoms with Crippen LogP contribution in [-0.4, -0.2) is 7.11 Å². The van der Waals surface area contributed by atoms with Gasteiger partial charge in [-0.2, -0.15) is 0 Å². The molecule has 0 aliphatic heterocycles. The lowest BCUT2D eigenvalue weighted by Crippen LogP contribution is -1.93. The Hall–Kier alpha value is -1.47. The van der Waals surface area contributed by atoms with Gasteiger partial charge in [0, 0.05) is 5.02 Å². The smallest absolute Gasteiger partial charge is 0.119 e. The van der Waals surface area contributed by atoms with Crippen molar-refractivity contribution in [1.29, 1.82) is 0 Å². The zero-order chi connectivity index (χ0) is 12.3. The number of benzene rings is 2. The third kappa shape index (κ3) is 3.01. The number of ether oxygens (including phenoxy) is 1. The molecule has 0 atom stereocenters. The Bertz CT molecular complexity index is 503. The number of halogens is 1. The minimum Gasteiger partial charge on any atom is -0.497 e. The molecule has 0 aliphatic rings. The maximum atomic E-state index is 5.87. The van der Waals surface area contributed by atoms with Crippen molar-refractivity contribution in [2.45, 2.75) is 13.3 Å². The molecule has 2 aromatic carbocycles. The molecule has 0 saturated carbocycles. The first kappa shape index (κ1) is 12.0. The van der Waals surface area contributed by atoms with E-state index < -0.39 is 0 Å². The van der Waals surface area contributed by atoms with E-state index in [1.807, 2.05) is 18.2 Å². The van der Waals surface area contributed by atoms with Gasteiger partial charge >= 0.3 is 0 Å². The lowest BCUT2D eigenvalue weighted by Gasteiger charge is -2.08. The summed E-state index contributed by atoms with van der Waals surface area (Å²) in [4.78, 5) is 0. The van der Waals surface area contributed by atoms with E-state index in [4.69, 9.17) is 16.3 Å². The summed E-state index contributed by atoms with van der Waals surface area (Å²) in [6.45, 7) is 2.10. The average molecular weight is 247 g/mol. The van der Waals surface area contributed by atoms with Gasteiger partial charge in [-0.15, -0.1) is 0 Å². The van der Waals surface area contributed by atoms with E-state index in [1.54, 1.807) is 7.11 Å². The second kappa shape index (κ2) is 5.24. The van der Waals surface area contributed by atoms with Gasteiger partial charge in [0.05, 0.1) is 7.11 Å². The molecular weight excluding hydrogens is 232 g/mol. The molecular formula is C15H15ClO. The molecule has 0 aliphatic carbocycles. The van der Waals surface area contributed by atoms with Gasteiger partial charge < -0.3 is 4.74 Å². The third-order valence-corrected chi connectivity index (χ3v) is 3.11. The Morgan fingerprint density at radius 2 is 1.76 bits per heavy atom. The number of hydrogen-bond donors (Lipinski definition) is 0. The predicted molar refractivity (Wildman–Crippen MR) is 72.0 cm³/mol. The number of rotatable bonds is 3. The van der Waals surface area contributed by atoms with Crippen LogP contribution in [0.5, 0.6) is 5.75 Å². The Balaban J connectivity index is 2.21. The Labute approximate surface area is 107 Å². The standard InChI is InChI=1S/C15H15ClO/c1-11-9-15(17-2)8-5-13(11)10-12-3-6-14(16)7-4-12/h3-9H,10H2,1-2H3. The highest BCUT2D eigenvalue weighted by molar-refractivity contribution is 6.30. The van der Waals surface area contributed by atoms with E-state index in [0.717, 1.165) is 17.2 Å². The summed E-state index contributed by atoms with van der Waals surface area (Å²) in [5.41, 5.74) is 3.83. The highest BCUT2D eigenvalue weighted by Gasteiger charge is 2.02.